The molecule has 2 heterocycles. The minimum Gasteiger partial charge on any atom is -0.493 e. The van der Waals surface area contributed by atoms with Gasteiger partial charge in [0.15, 0.2) is 0 Å². The monoisotopic (exact) mass is 342 g/mol. The van der Waals surface area contributed by atoms with E-state index in [1.807, 2.05) is 29.8 Å². The first-order valence-electron chi connectivity index (χ1n) is 8.76. The minimum absolute atomic E-state index is 0.131. The molecule has 5 heteroatoms. The zero-order valence-electron chi connectivity index (χ0n) is 13.7. The molecule has 0 bridgehead atoms. The van der Waals surface area contributed by atoms with Crippen molar-refractivity contribution in [3.63, 3.8) is 0 Å². The predicted octanol–water partition coefficient (Wildman–Crippen LogP) is 4.05. The Morgan fingerprint density at radius 1 is 1.29 bits per heavy atom. The summed E-state index contributed by atoms with van der Waals surface area (Å²) in [7, 11) is 0. The van der Waals surface area contributed by atoms with E-state index in [2.05, 4.69) is 9.88 Å². The maximum Gasteiger partial charge on any atom is 0.254 e. The fourth-order valence-corrected chi connectivity index (χ4v) is 4.34. The summed E-state index contributed by atoms with van der Waals surface area (Å²) in [4.78, 5) is 19.7. The van der Waals surface area contributed by atoms with Gasteiger partial charge in [0.2, 0.25) is 0 Å². The van der Waals surface area contributed by atoms with E-state index >= 15 is 0 Å². The van der Waals surface area contributed by atoms with Crippen molar-refractivity contribution < 1.29 is 9.53 Å². The van der Waals surface area contributed by atoms with Gasteiger partial charge in [-0.05, 0) is 36.6 Å². The fourth-order valence-electron chi connectivity index (χ4n) is 3.72. The number of carbonyl (C=O) groups excluding carboxylic acids is 1. The maximum absolute atomic E-state index is 13.2. The number of benzene rings is 1. The quantitative estimate of drug-likeness (QED) is 0.842. The van der Waals surface area contributed by atoms with Crippen LogP contribution in [0.4, 0.5) is 0 Å². The van der Waals surface area contributed by atoms with Crippen LogP contribution in [0.1, 0.15) is 53.0 Å². The van der Waals surface area contributed by atoms with Crippen LogP contribution in [-0.2, 0) is 13.0 Å². The summed E-state index contributed by atoms with van der Waals surface area (Å²) in [5.74, 6) is 1.06. The lowest BCUT2D eigenvalue weighted by Gasteiger charge is -2.34. The standard InChI is InChI=1S/C19H22N2O2S/c22-19(15-6-7-17-14(12-15)8-10-23-17)21(13-18-20-9-11-24-18)16-4-2-1-3-5-16/h6-7,9,11-12,16H,1-5,8,10,13H2. The summed E-state index contributed by atoms with van der Waals surface area (Å²) in [6.45, 7) is 1.34. The Morgan fingerprint density at radius 3 is 2.96 bits per heavy atom. The number of thiazole rings is 1. The van der Waals surface area contributed by atoms with Gasteiger partial charge in [0.05, 0.1) is 13.2 Å². The molecule has 0 radical (unpaired) electrons. The fraction of sp³-hybridized carbons (Fsp3) is 0.474. The lowest BCUT2D eigenvalue weighted by atomic mass is 9.93. The molecule has 2 aromatic rings. The largest absolute Gasteiger partial charge is 0.493 e. The van der Waals surface area contributed by atoms with E-state index in [0.29, 0.717) is 12.6 Å². The van der Waals surface area contributed by atoms with E-state index in [9.17, 15) is 4.79 Å². The van der Waals surface area contributed by atoms with Gasteiger partial charge >= 0.3 is 0 Å². The summed E-state index contributed by atoms with van der Waals surface area (Å²) in [5.41, 5.74) is 1.93. The Labute approximate surface area is 146 Å². The van der Waals surface area contributed by atoms with Crippen LogP contribution in [0.5, 0.6) is 5.75 Å². The second-order valence-electron chi connectivity index (χ2n) is 6.57. The third kappa shape index (κ3) is 3.18. The van der Waals surface area contributed by atoms with Gasteiger partial charge in [0, 0.05) is 29.6 Å². The normalized spacial score (nSPS) is 17.3. The zero-order valence-corrected chi connectivity index (χ0v) is 14.6. The molecule has 0 saturated heterocycles. The number of ether oxygens (including phenoxy) is 1. The van der Waals surface area contributed by atoms with E-state index < -0.39 is 0 Å². The van der Waals surface area contributed by atoms with E-state index in [-0.39, 0.29) is 5.91 Å². The first-order valence-corrected chi connectivity index (χ1v) is 9.64. The van der Waals surface area contributed by atoms with E-state index in [1.54, 1.807) is 11.3 Å². The van der Waals surface area contributed by atoms with Crippen molar-refractivity contribution in [3.05, 3.63) is 45.9 Å². The molecule has 4 nitrogen and oxygen atoms in total. The average Bonchev–Trinajstić information content (AvgIpc) is 3.30. The number of nitrogens with zero attached hydrogens (tertiary/aromatic N) is 2. The van der Waals surface area contributed by atoms with Gasteiger partial charge in [-0.15, -0.1) is 11.3 Å². The highest BCUT2D eigenvalue weighted by Crippen LogP contribution is 2.29. The SMILES string of the molecule is O=C(c1ccc2c(c1)CCO2)N(Cc1nccs1)C1CCCCC1. The Morgan fingerprint density at radius 2 is 2.17 bits per heavy atom. The number of fused-ring (bicyclic) bond motifs is 1. The molecule has 1 aromatic carbocycles. The van der Waals surface area contributed by atoms with Crippen molar-refractivity contribution in [3.8, 4) is 5.75 Å². The molecule has 4 rings (SSSR count). The van der Waals surface area contributed by atoms with Crippen LogP contribution in [0.2, 0.25) is 0 Å². The smallest absolute Gasteiger partial charge is 0.254 e. The zero-order chi connectivity index (χ0) is 16.4. The Kier molecular flexibility index (Phi) is 4.52. The number of rotatable bonds is 4. The van der Waals surface area contributed by atoms with Gasteiger partial charge in [0.1, 0.15) is 10.8 Å². The highest BCUT2D eigenvalue weighted by molar-refractivity contribution is 7.09. The summed E-state index contributed by atoms with van der Waals surface area (Å²) < 4.78 is 5.56. The van der Waals surface area contributed by atoms with Crippen LogP contribution < -0.4 is 4.74 Å². The predicted molar refractivity (Wildman–Crippen MR) is 94.5 cm³/mol. The molecule has 1 aromatic heterocycles. The van der Waals surface area contributed by atoms with Gasteiger partial charge < -0.3 is 9.64 Å². The lowest BCUT2D eigenvalue weighted by molar-refractivity contribution is 0.0614. The second kappa shape index (κ2) is 6.93. The van der Waals surface area contributed by atoms with E-state index in [0.717, 1.165) is 47.8 Å². The molecule has 0 unspecified atom stereocenters. The molecule has 126 valence electrons. The maximum atomic E-state index is 13.2. The lowest BCUT2D eigenvalue weighted by Crippen LogP contribution is -2.41. The van der Waals surface area contributed by atoms with Gasteiger partial charge in [0.25, 0.3) is 5.91 Å². The molecular weight excluding hydrogens is 320 g/mol. The summed E-state index contributed by atoms with van der Waals surface area (Å²) in [6, 6.07) is 6.20. The highest BCUT2D eigenvalue weighted by atomic mass is 32.1. The Balaban J connectivity index is 1.60. The average molecular weight is 342 g/mol. The molecule has 1 saturated carbocycles. The van der Waals surface area contributed by atoms with Crippen LogP contribution in [0.25, 0.3) is 0 Å². The van der Waals surface area contributed by atoms with E-state index in [4.69, 9.17) is 4.74 Å². The molecule has 0 atom stereocenters. The topological polar surface area (TPSA) is 42.4 Å². The molecule has 1 aliphatic heterocycles. The third-order valence-corrected chi connectivity index (χ3v) is 5.77. The highest BCUT2D eigenvalue weighted by Gasteiger charge is 2.28. The van der Waals surface area contributed by atoms with Crippen LogP contribution in [0.3, 0.4) is 0 Å². The van der Waals surface area contributed by atoms with Gasteiger partial charge in [-0.3, -0.25) is 4.79 Å². The third-order valence-electron chi connectivity index (χ3n) is 5.00. The van der Waals surface area contributed by atoms with Crippen molar-refractivity contribution in [2.45, 2.75) is 51.1 Å². The van der Waals surface area contributed by atoms with Crippen LogP contribution >= 0.6 is 11.3 Å². The Hall–Kier alpha value is -1.88. The van der Waals surface area contributed by atoms with Crippen LogP contribution in [-0.4, -0.2) is 28.4 Å². The molecule has 2 aliphatic rings. The first kappa shape index (κ1) is 15.6. The molecule has 0 spiro atoms. The van der Waals surface area contributed by atoms with Gasteiger partial charge in [-0.25, -0.2) is 4.98 Å². The molecule has 24 heavy (non-hydrogen) atoms. The van der Waals surface area contributed by atoms with Crippen molar-refractivity contribution in [2.75, 3.05) is 6.61 Å². The number of amides is 1. The summed E-state index contributed by atoms with van der Waals surface area (Å²) >= 11 is 1.62. The minimum atomic E-state index is 0.131. The molecule has 1 amide bonds. The summed E-state index contributed by atoms with van der Waals surface area (Å²) in [5, 5.41) is 2.99. The van der Waals surface area contributed by atoms with Crippen molar-refractivity contribution in [2.24, 2.45) is 0 Å². The van der Waals surface area contributed by atoms with Crippen LogP contribution in [0, 0.1) is 0 Å². The molecule has 0 N–H and O–H groups in total. The second-order valence-corrected chi connectivity index (χ2v) is 7.55. The Bertz CT molecular complexity index is 708. The molecule has 1 aliphatic carbocycles. The first-order chi connectivity index (χ1) is 11.8. The van der Waals surface area contributed by atoms with Crippen LogP contribution in [0.15, 0.2) is 29.8 Å². The van der Waals surface area contributed by atoms with Crippen molar-refractivity contribution >= 4 is 17.2 Å². The van der Waals surface area contributed by atoms with Gasteiger partial charge in [-0.1, -0.05) is 19.3 Å². The van der Waals surface area contributed by atoms with Gasteiger partial charge in [-0.2, -0.15) is 0 Å². The number of hydrogen-bond acceptors (Lipinski definition) is 4. The van der Waals surface area contributed by atoms with Crippen molar-refractivity contribution in [1.82, 2.24) is 9.88 Å². The van der Waals surface area contributed by atoms with E-state index in [1.165, 1.54) is 19.3 Å². The molecular formula is C19H22N2O2S. The van der Waals surface area contributed by atoms with Crippen molar-refractivity contribution in [1.29, 1.82) is 0 Å². The number of carbonyl (C=O) groups is 1. The number of aromatic nitrogens is 1. The number of hydrogen-bond donors (Lipinski definition) is 0. The summed E-state index contributed by atoms with van der Waals surface area (Å²) in [6.07, 6.45) is 8.62. The molecule has 1 fully saturated rings.